The second kappa shape index (κ2) is 9.77. The van der Waals surface area contributed by atoms with Gasteiger partial charge in [0, 0.05) is 26.2 Å². The molecule has 4 N–H and O–H groups in total. The molecule has 7 nitrogen and oxygen atoms in total. The molecule has 2 fully saturated rings. The number of hydrogen-bond donors (Lipinski definition) is 3. The van der Waals surface area contributed by atoms with Gasteiger partial charge in [0.2, 0.25) is 0 Å². The molecule has 140 valence electrons. The summed E-state index contributed by atoms with van der Waals surface area (Å²) in [4.78, 5) is 13.6. The largest absolute Gasteiger partial charge is 0.393 e. The minimum atomic E-state index is 0.625. The number of nitrogens with one attached hydrogen (secondary N) is 2. The SMILES string of the molecule is Nc1c(NCCN2CCCCC2)ncnc1NCCN1CCCCC1. The van der Waals surface area contributed by atoms with Gasteiger partial charge in [-0.1, -0.05) is 12.8 Å². The van der Waals surface area contributed by atoms with Crippen LogP contribution in [0.1, 0.15) is 38.5 Å². The van der Waals surface area contributed by atoms with Gasteiger partial charge in [0.15, 0.2) is 11.6 Å². The highest BCUT2D eigenvalue weighted by Crippen LogP contribution is 2.22. The van der Waals surface area contributed by atoms with Gasteiger partial charge in [-0.15, -0.1) is 0 Å². The van der Waals surface area contributed by atoms with Crippen molar-refractivity contribution >= 4 is 17.3 Å². The summed E-state index contributed by atoms with van der Waals surface area (Å²) in [7, 11) is 0. The van der Waals surface area contributed by atoms with E-state index in [0.717, 1.165) is 37.8 Å². The number of nitrogens with zero attached hydrogens (tertiary/aromatic N) is 4. The summed E-state index contributed by atoms with van der Waals surface area (Å²) in [5.41, 5.74) is 6.87. The zero-order chi connectivity index (χ0) is 17.3. The predicted octanol–water partition coefficient (Wildman–Crippen LogP) is 1.85. The average molecular weight is 348 g/mol. The molecule has 1 aromatic heterocycles. The monoisotopic (exact) mass is 347 g/mol. The quantitative estimate of drug-likeness (QED) is 0.662. The van der Waals surface area contributed by atoms with Crippen LogP contribution in [0.25, 0.3) is 0 Å². The molecule has 0 bridgehead atoms. The average Bonchev–Trinajstić information content (AvgIpc) is 2.66. The van der Waals surface area contributed by atoms with Gasteiger partial charge in [-0.2, -0.15) is 0 Å². The minimum Gasteiger partial charge on any atom is -0.393 e. The Morgan fingerprint density at radius 2 is 1.20 bits per heavy atom. The first-order valence-electron chi connectivity index (χ1n) is 9.86. The van der Waals surface area contributed by atoms with E-state index in [9.17, 15) is 0 Å². The van der Waals surface area contributed by atoms with Gasteiger partial charge < -0.3 is 26.2 Å². The number of piperidine rings is 2. The first kappa shape index (κ1) is 18.2. The molecular weight excluding hydrogens is 314 g/mol. The van der Waals surface area contributed by atoms with Gasteiger partial charge in [-0.05, 0) is 51.9 Å². The number of hydrogen-bond acceptors (Lipinski definition) is 7. The van der Waals surface area contributed by atoms with Crippen LogP contribution in [0.5, 0.6) is 0 Å². The van der Waals surface area contributed by atoms with Crippen molar-refractivity contribution in [1.29, 1.82) is 0 Å². The molecule has 0 radical (unpaired) electrons. The van der Waals surface area contributed by atoms with E-state index >= 15 is 0 Å². The zero-order valence-electron chi connectivity index (χ0n) is 15.3. The van der Waals surface area contributed by atoms with Crippen molar-refractivity contribution in [3.05, 3.63) is 6.33 Å². The van der Waals surface area contributed by atoms with Crippen molar-refractivity contribution in [2.24, 2.45) is 0 Å². The zero-order valence-corrected chi connectivity index (χ0v) is 15.3. The molecule has 1 aromatic rings. The standard InChI is InChI=1S/C18H33N7/c19-16-17(20-7-13-24-9-3-1-4-10-24)22-15-23-18(16)21-8-14-25-11-5-2-6-12-25/h15H,1-14,19H2,(H2,20,21,22,23). The molecule has 2 aliphatic heterocycles. The van der Waals surface area contributed by atoms with Crippen molar-refractivity contribution in [3.8, 4) is 0 Å². The Kier molecular flexibility index (Phi) is 7.11. The summed E-state index contributed by atoms with van der Waals surface area (Å²) < 4.78 is 0. The maximum Gasteiger partial charge on any atom is 0.154 e. The van der Waals surface area contributed by atoms with Crippen LogP contribution in [0.15, 0.2) is 6.33 Å². The Hall–Kier alpha value is -1.60. The molecule has 0 aromatic carbocycles. The number of nitrogen functional groups attached to an aromatic ring is 1. The topological polar surface area (TPSA) is 82.3 Å². The first-order chi connectivity index (χ1) is 12.3. The van der Waals surface area contributed by atoms with Gasteiger partial charge in [0.25, 0.3) is 0 Å². The van der Waals surface area contributed by atoms with Gasteiger partial charge in [-0.3, -0.25) is 0 Å². The lowest BCUT2D eigenvalue weighted by Gasteiger charge is -2.27. The Balaban J connectivity index is 1.42. The van der Waals surface area contributed by atoms with Gasteiger partial charge in [0.1, 0.15) is 12.0 Å². The van der Waals surface area contributed by atoms with Crippen LogP contribution in [-0.4, -0.2) is 72.1 Å². The van der Waals surface area contributed by atoms with E-state index in [1.54, 1.807) is 6.33 Å². The smallest absolute Gasteiger partial charge is 0.154 e. The molecule has 0 amide bonds. The Labute approximate surface area is 151 Å². The fourth-order valence-corrected chi connectivity index (χ4v) is 3.71. The molecule has 0 saturated carbocycles. The normalized spacial score (nSPS) is 19.7. The molecule has 0 aliphatic carbocycles. The number of likely N-dealkylation sites (tertiary alicyclic amines) is 2. The summed E-state index contributed by atoms with van der Waals surface area (Å²) in [6.45, 7) is 8.67. The summed E-state index contributed by atoms with van der Waals surface area (Å²) in [5, 5.41) is 6.74. The third-order valence-electron chi connectivity index (χ3n) is 5.22. The molecule has 3 heterocycles. The summed E-state index contributed by atoms with van der Waals surface area (Å²) in [6, 6.07) is 0. The highest BCUT2D eigenvalue weighted by molar-refractivity contribution is 5.73. The Morgan fingerprint density at radius 3 is 1.64 bits per heavy atom. The van der Waals surface area contributed by atoms with E-state index in [1.165, 1.54) is 64.7 Å². The van der Waals surface area contributed by atoms with Crippen LogP contribution >= 0.6 is 0 Å². The number of anilines is 3. The third kappa shape index (κ3) is 5.71. The number of rotatable bonds is 8. The van der Waals surface area contributed by atoms with Crippen molar-refractivity contribution in [3.63, 3.8) is 0 Å². The molecular formula is C18H33N7. The van der Waals surface area contributed by atoms with Crippen molar-refractivity contribution in [1.82, 2.24) is 19.8 Å². The minimum absolute atomic E-state index is 0.625. The van der Waals surface area contributed by atoms with Gasteiger partial charge in [0.05, 0.1) is 0 Å². The van der Waals surface area contributed by atoms with Crippen molar-refractivity contribution < 1.29 is 0 Å². The van der Waals surface area contributed by atoms with Crippen LogP contribution in [0, 0.1) is 0 Å². The second-order valence-corrected chi connectivity index (χ2v) is 7.14. The van der Waals surface area contributed by atoms with E-state index in [4.69, 9.17) is 5.73 Å². The first-order valence-corrected chi connectivity index (χ1v) is 9.86. The second-order valence-electron chi connectivity index (χ2n) is 7.14. The van der Waals surface area contributed by atoms with Crippen LogP contribution in [0.2, 0.25) is 0 Å². The van der Waals surface area contributed by atoms with Gasteiger partial charge >= 0.3 is 0 Å². The predicted molar refractivity (Wildman–Crippen MR) is 104 cm³/mol. The molecule has 25 heavy (non-hydrogen) atoms. The van der Waals surface area contributed by atoms with Crippen LogP contribution < -0.4 is 16.4 Å². The molecule has 2 saturated heterocycles. The highest BCUT2D eigenvalue weighted by atomic mass is 15.2. The van der Waals surface area contributed by atoms with Crippen LogP contribution in [-0.2, 0) is 0 Å². The molecule has 0 atom stereocenters. The van der Waals surface area contributed by atoms with E-state index in [-0.39, 0.29) is 0 Å². The maximum atomic E-state index is 6.24. The van der Waals surface area contributed by atoms with E-state index < -0.39 is 0 Å². The van der Waals surface area contributed by atoms with E-state index in [0.29, 0.717) is 5.69 Å². The van der Waals surface area contributed by atoms with E-state index in [2.05, 4.69) is 30.4 Å². The molecule has 2 aliphatic rings. The van der Waals surface area contributed by atoms with Gasteiger partial charge in [-0.25, -0.2) is 9.97 Å². The van der Waals surface area contributed by atoms with Crippen LogP contribution in [0.3, 0.4) is 0 Å². The fourth-order valence-electron chi connectivity index (χ4n) is 3.71. The Bertz CT molecular complexity index is 468. The lowest BCUT2D eigenvalue weighted by atomic mass is 10.1. The molecule has 0 spiro atoms. The summed E-state index contributed by atoms with van der Waals surface area (Å²) in [6.07, 6.45) is 9.61. The van der Waals surface area contributed by atoms with Crippen molar-refractivity contribution in [2.45, 2.75) is 38.5 Å². The van der Waals surface area contributed by atoms with E-state index in [1.807, 2.05) is 0 Å². The summed E-state index contributed by atoms with van der Waals surface area (Å²) >= 11 is 0. The fraction of sp³-hybridized carbons (Fsp3) is 0.778. The molecule has 7 heteroatoms. The molecule has 3 rings (SSSR count). The maximum absolute atomic E-state index is 6.24. The summed E-state index contributed by atoms with van der Waals surface area (Å²) in [5.74, 6) is 1.49. The highest BCUT2D eigenvalue weighted by Gasteiger charge is 2.12. The third-order valence-corrected chi connectivity index (χ3v) is 5.22. The van der Waals surface area contributed by atoms with Crippen molar-refractivity contribution in [2.75, 3.05) is 68.7 Å². The number of nitrogens with two attached hydrogens (primary N) is 1. The Morgan fingerprint density at radius 1 is 0.760 bits per heavy atom. The molecule has 0 unspecified atom stereocenters. The number of aromatic nitrogens is 2. The lowest BCUT2D eigenvalue weighted by molar-refractivity contribution is 0.237. The van der Waals surface area contributed by atoms with Crippen LogP contribution in [0.4, 0.5) is 17.3 Å². The lowest BCUT2D eigenvalue weighted by Crippen LogP contribution is -2.34.